The Hall–Kier alpha value is -3.47. The van der Waals surface area contributed by atoms with Gasteiger partial charge in [0.2, 0.25) is 5.91 Å². The fourth-order valence-corrected chi connectivity index (χ4v) is 4.83. The van der Waals surface area contributed by atoms with Crippen LogP contribution in [0.25, 0.3) is 10.9 Å². The number of fused-ring (bicyclic) bond motifs is 1. The molecule has 2 aromatic carbocycles. The standard InChI is InChI=1S/C21H14Cl2N4O5S/c1-13(28)25(19-4-2-3-11-24-19)26-18-12-15(23)7-10-17(18)20(29)27(21(26)30)33(31,32)16-8-5-14(22)6-9-16/h2-12H,1H3. The summed E-state index contributed by atoms with van der Waals surface area (Å²) in [5.41, 5.74) is -2.46. The highest BCUT2D eigenvalue weighted by Gasteiger charge is 2.29. The highest BCUT2D eigenvalue weighted by molar-refractivity contribution is 7.90. The van der Waals surface area contributed by atoms with Crippen molar-refractivity contribution in [3.8, 4) is 0 Å². The quantitative estimate of drug-likeness (QED) is 0.422. The highest BCUT2D eigenvalue weighted by atomic mass is 35.5. The molecule has 0 aliphatic carbocycles. The molecule has 0 fully saturated rings. The molecule has 0 bridgehead atoms. The molecule has 4 rings (SSSR count). The maximum atomic E-state index is 13.6. The molecule has 0 aliphatic rings. The van der Waals surface area contributed by atoms with Crippen molar-refractivity contribution in [2.24, 2.45) is 0 Å². The molecule has 0 spiro atoms. The summed E-state index contributed by atoms with van der Waals surface area (Å²) in [5.74, 6) is -0.631. The average molecular weight is 505 g/mol. The van der Waals surface area contributed by atoms with E-state index < -0.39 is 27.2 Å². The number of carbonyl (C=O) groups excluding carboxylic acids is 1. The van der Waals surface area contributed by atoms with Crippen LogP contribution in [-0.4, -0.2) is 28.0 Å². The summed E-state index contributed by atoms with van der Waals surface area (Å²) >= 11 is 11.9. The molecular weight excluding hydrogens is 491 g/mol. The predicted octanol–water partition coefficient (Wildman–Crippen LogP) is 2.92. The molecule has 4 aromatic rings. The van der Waals surface area contributed by atoms with Gasteiger partial charge in [0.05, 0.1) is 15.8 Å². The van der Waals surface area contributed by atoms with Crippen LogP contribution in [0, 0.1) is 0 Å². The predicted molar refractivity (Wildman–Crippen MR) is 124 cm³/mol. The van der Waals surface area contributed by atoms with E-state index in [2.05, 4.69) is 4.98 Å². The van der Waals surface area contributed by atoms with Crippen LogP contribution < -0.4 is 16.3 Å². The van der Waals surface area contributed by atoms with Gasteiger partial charge in [0.15, 0.2) is 5.82 Å². The molecule has 0 atom stereocenters. The summed E-state index contributed by atoms with van der Waals surface area (Å²) in [6.07, 6.45) is 1.39. The molecule has 0 radical (unpaired) electrons. The van der Waals surface area contributed by atoms with Crippen molar-refractivity contribution in [2.45, 2.75) is 11.8 Å². The number of carbonyl (C=O) groups is 1. The van der Waals surface area contributed by atoms with Crippen molar-refractivity contribution in [3.63, 3.8) is 0 Å². The van der Waals surface area contributed by atoms with Crippen molar-refractivity contribution in [1.29, 1.82) is 0 Å². The first-order chi connectivity index (χ1) is 15.6. The minimum absolute atomic E-state index is 0.0301. The van der Waals surface area contributed by atoms with Crippen LogP contribution in [0.5, 0.6) is 0 Å². The summed E-state index contributed by atoms with van der Waals surface area (Å²) in [5, 5.41) is 1.15. The van der Waals surface area contributed by atoms with E-state index in [0.29, 0.717) is 0 Å². The number of pyridine rings is 1. The molecule has 0 aliphatic heterocycles. The summed E-state index contributed by atoms with van der Waals surface area (Å²) < 4.78 is 27.5. The van der Waals surface area contributed by atoms with Crippen molar-refractivity contribution >= 4 is 55.9 Å². The lowest BCUT2D eigenvalue weighted by atomic mass is 10.2. The van der Waals surface area contributed by atoms with Gasteiger partial charge in [0.1, 0.15) is 0 Å². The van der Waals surface area contributed by atoms with Gasteiger partial charge in [0.25, 0.3) is 15.6 Å². The van der Waals surface area contributed by atoms with E-state index >= 15 is 0 Å². The molecule has 0 N–H and O–H groups in total. The summed E-state index contributed by atoms with van der Waals surface area (Å²) in [6.45, 7) is 1.17. The second-order valence-electron chi connectivity index (χ2n) is 6.80. The van der Waals surface area contributed by atoms with Crippen LogP contribution in [0.3, 0.4) is 0 Å². The SMILES string of the molecule is CC(=O)N(c1ccccn1)n1c(=O)n(S(=O)(=O)c2ccc(Cl)cc2)c(=O)c2ccc(Cl)cc21. The lowest BCUT2D eigenvalue weighted by molar-refractivity contribution is -0.117. The maximum Gasteiger partial charge on any atom is 0.365 e. The van der Waals surface area contributed by atoms with Crippen LogP contribution in [0.4, 0.5) is 5.82 Å². The van der Waals surface area contributed by atoms with E-state index in [1.54, 1.807) is 12.1 Å². The molecule has 0 saturated heterocycles. The van der Waals surface area contributed by atoms with Gasteiger partial charge in [-0.05, 0) is 54.6 Å². The van der Waals surface area contributed by atoms with Crippen LogP contribution in [0.2, 0.25) is 10.0 Å². The van der Waals surface area contributed by atoms with E-state index in [4.69, 9.17) is 23.2 Å². The number of nitrogens with zero attached hydrogens (tertiary/aromatic N) is 4. The zero-order valence-electron chi connectivity index (χ0n) is 16.8. The van der Waals surface area contributed by atoms with Crippen molar-refractivity contribution < 1.29 is 13.2 Å². The number of rotatable bonds is 4. The fourth-order valence-electron chi connectivity index (χ4n) is 3.25. The highest BCUT2D eigenvalue weighted by Crippen LogP contribution is 2.21. The lowest BCUT2D eigenvalue weighted by Gasteiger charge is -2.24. The van der Waals surface area contributed by atoms with Crippen LogP contribution in [0.1, 0.15) is 6.92 Å². The lowest BCUT2D eigenvalue weighted by Crippen LogP contribution is -2.51. The molecule has 33 heavy (non-hydrogen) atoms. The Labute approximate surface area is 197 Å². The second kappa shape index (κ2) is 8.47. The zero-order valence-corrected chi connectivity index (χ0v) is 19.2. The third kappa shape index (κ3) is 3.92. The van der Waals surface area contributed by atoms with Crippen LogP contribution in [-0.2, 0) is 14.8 Å². The molecule has 0 saturated carbocycles. The van der Waals surface area contributed by atoms with Gasteiger partial charge in [-0.15, -0.1) is 3.97 Å². The normalized spacial score (nSPS) is 11.5. The third-order valence-electron chi connectivity index (χ3n) is 4.67. The summed E-state index contributed by atoms with van der Waals surface area (Å²) in [7, 11) is -4.66. The molecule has 168 valence electrons. The van der Waals surface area contributed by atoms with Crippen LogP contribution >= 0.6 is 23.2 Å². The molecule has 0 unspecified atom stereocenters. The Morgan fingerprint density at radius 1 is 0.970 bits per heavy atom. The van der Waals surface area contributed by atoms with Gasteiger partial charge < -0.3 is 0 Å². The van der Waals surface area contributed by atoms with E-state index in [1.165, 1.54) is 61.7 Å². The number of benzene rings is 2. The Balaban J connectivity index is 2.17. The summed E-state index contributed by atoms with van der Waals surface area (Å²) in [4.78, 5) is 43.2. The smallest absolute Gasteiger partial charge is 0.273 e. The first-order valence-corrected chi connectivity index (χ1v) is 11.5. The minimum Gasteiger partial charge on any atom is -0.273 e. The Bertz CT molecular complexity index is 1620. The van der Waals surface area contributed by atoms with Crippen molar-refractivity contribution in [3.05, 3.63) is 97.7 Å². The Morgan fingerprint density at radius 3 is 2.24 bits per heavy atom. The first kappa shape index (κ1) is 22.7. The largest absolute Gasteiger partial charge is 0.365 e. The number of halogens is 2. The van der Waals surface area contributed by atoms with Gasteiger partial charge in [0, 0.05) is 23.2 Å². The van der Waals surface area contributed by atoms with Gasteiger partial charge in [-0.3, -0.25) is 9.59 Å². The number of hydrogen-bond donors (Lipinski definition) is 0. The topological polar surface area (TPSA) is 111 Å². The van der Waals surface area contributed by atoms with E-state index in [1.807, 2.05) is 0 Å². The third-order valence-corrected chi connectivity index (χ3v) is 6.83. The number of anilines is 1. The zero-order chi connectivity index (χ0) is 23.9. The monoisotopic (exact) mass is 504 g/mol. The first-order valence-electron chi connectivity index (χ1n) is 9.33. The van der Waals surface area contributed by atoms with Gasteiger partial charge in [-0.1, -0.05) is 29.3 Å². The van der Waals surface area contributed by atoms with Crippen molar-refractivity contribution in [1.82, 2.24) is 13.6 Å². The fraction of sp³-hybridized carbons (Fsp3) is 0.0476. The number of hydrogen-bond acceptors (Lipinski definition) is 6. The molecule has 12 heteroatoms. The average Bonchev–Trinajstić information content (AvgIpc) is 2.77. The van der Waals surface area contributed by atoms with Crippen LogP contribution in [0.15, 0.2) is 81.3 Å². The van der Waals surface area contributed by atoms with Gasteiger partial charge >= 0.3 is 5.69 Å². The minimum atomic E-state index is -4.66. The second-order valence-corrected chi connectivity index (χ2v) is 9.46. The molecular formula is C21H14Cl2N4O5S. The molecule has 9 nitrogen and oxygen atoms in total. The Kier molecular flexibility index (Phi) is 5.83. The van der Waals surface area contributed by atoms with E-state index in [-0.39, 0.29) is 35.6 Å². The van der Waals surface area contributed by atoms with E-state index in [9.17, 15) is 22.8 Å². The maximum absolute atomic E-state index is 13.6. The van der Waals surface area contributed by atoms with Crippen molar-refractivity contribution in [2.75, 3.05) is 5.01 Å². The molecule has 2 aromatic heterocycles. The van der Waals surface area contributed by atoms with Gasteiger partial charge in [-0.25, -0.2) is 18.2 Å². The van der Waals surface area contributed by atoms with E-state index in [0.717, 1.165) is 9.69 Å². The molecule has 1 amide bonds. The van der Waals surface area contributed by atoms with Gasteiger partial charge in [-0.2, -0.15) is 9.69 Å². The molecule has 2 heterocycles. The number of aromatic nitrogens is 3. The summed E-state index contributed by atoms with van der Waals surface area (Å²) in [6, 6.07) is 13.5. The Morgan fingerprint density at radius 2 is 1.64 bits per heavy atom. The number of amides is 1.